The zero-order valence-electron chi connectivity index (χ0n) is 11.3. The van der Waals surface area contributed by atoms with Gasteiger partial charge in [0, 0.05) is 19.0 Å². The van der Waals surface area contributed by atoms with Crippen molar-refractivity contribution in [2.75, 3.05) is 25.1 Å². The van der Waals surface area contributed by atoms with Crippen molar-refractivity contribution in [1.29, 1.82) is 0 Å². The number of benzene rings is 1. The fourth-order valence-corrected chi connectivity index (χ4v) is 2.67. The molecule has 1 aliphatic rings. The van der Waals surface area contributed by atoms with Gasteiger partial charge < -0.3 is 9.64 Å². The lowest BCUT2D eigenvalue weighted by Gasteiger charge is -2.17. The first-order valence-electron chi connectivity index (χ1n) is 6.63. The Morgan fingerprint density at radius 1 is 1.25 bits per heavy atom. The first-order chi connectivity index (χ1) is 9.78. The van der Waals surface area contributed by atoms with Gasteiger partial charge in [0.1, 0.15) is 5.75 Å². The van der Waals surface area contributed by atoms with Crippen LogP contribution in [-0.2, 0) is 0 Å². The molecule has 1 aliphatic heterocycles. The summed E-state index contributed by atoms with van der Waals surface area (Å²) >= 11 is 0. The molecule has 1 fully saturated rings. The molecule has 1 aromatic heterocycles. The molecule has 0 N–H and O–H groups in total. The molecule has 0 saturated carbocycles. The van der Waals surface area contributed by atoms with E-state index in [4.69, 9.17) is 4.74 Å². The van der Waals surface area contributed by atoms with Crippen LogP contribution in [-0.4, -0.2) is 30.2 Å². The molecule has 2 heterocycles. The molecule has 2 aromatic rings. The van der Waals surface area contributed by atoms with Crippen LogP contribution in [0.3, 0.4) is 0 Å². The Bertz CT molecular complexity index is 588. The molecule has 104 valence electrons. The zero-order chi connectivity index (χ0) is 13.9. The van der Waals surface area contributed by atoms with E-state index in [0.29, 0.717) is 11.9 Å². The highest BCUT2D eigenvalue weighted by Crippen LogP contribution is 2.34. The minimum atomic E-state index is -0.408. The summed E-state index contributed by atoms with van der Waals surface area (Å²) in [6.45, 7) is 1.69. The molecule has 3 rings (SSSR count). The maximum atomic E-state index is 12.9. The summed E-state index contributed by atoms with van der Waals surface area (Å²) in [6, 6.07) is 8.07. The predicted octanol–water partition coefficient (Wildman–Crippen LogP) is 2.62. The third kappa shape index (κ3) is 2.43. The van der Waals surface area contributed by atoms with E-state index in [1.54, 1.807) is 7.11 Å². The van der Waals surface area contributed by atoms with Crippen molar-refractivity contribution in [2.24, 2.45) is 0 Å². The summed E-state index contributed by atoms with van der Waals surface area (Å²) in [5, 5.41) is 0. The number of halogens is 1. The van der Waals surface area contributed by atoms with Crippen molar-refractivity contribution in [3.63, 3.8) is 0 Å². The summed E-state index contributed by atoms with van der Waals surface area (Å²) in [4.78, 5) is 10.2. The van der Waals surface area contributed by atoms with Crippen LogP contribution in [0.2, 0.25) is 0 Å². The highest BCUT2D eigenvalue weighted by atomic mass is 19.1. The van der Waals surface area contributed by atoms with Gasteiger partial charge in [0.2, 0.25) is 5.95 Å². The SMILES string of the molecule is COc1ccccc1C1CCN(c2ncc(F)cn2)C1. The van der Waals surface area contributed by atoms with Crippen LogP contribution in [0.1, 0.15) is 17.9 Å². The standard InChI is InChI=1S/C15H16FN3O/c1-20-14-5-3-2-4-13(14)11-6-7-19(10-11)15-17-8-12(16)9-18-15/h2-5,8-9,11H,6-7,10H2,1H3. The van der Waals surface area contributed by atoms with Gasteiger partial charge in [-0.1, -0.05) is 18.2 Å². The fourth-order valence-electron chi connectivity index (χ4n) is 2.67. The van der Waals surface area contributed by atoms with Gasteiger partial charge in [-0.3, -0.25) is 0 Å². The molecule has 1 aromatic carbocycles. The Kier molecular flexibility index (Phi) is 3.50. The summed E-state index contributed by atoms with van der Waals surface area (Å²) in [7, 11) is 1.69. The number of hydrogen-bond acceptors (Lipinski definition) is 4. The van der Waals surface area contributed by atoms with Gasteiger partial charge in [-0.05, 0) is 18.1 Å². The summed E-state index contributed by atoms with van der Waals surface area (Å²) in [5.74, 6) is 1.48. The van der Waals surface area contributed by atoms with Crippen molar-refractivity contribution < 1.29 is 9.13 Å². The first kappa shape index (κ1) is 12.8. The predicted molar refractivity (Wildman–Crippen MR) is 74.6 cm³/mol. The Hall–Kier alpha value is -2.17. The smallest absolute Gasteiger partial charge is 0.225 e. The van der Waals surface area contributed by atoms with Crippen molar-refractivity contribution in [1.82, 2.24) is 9.97 Å². The van der Waals surface area contributed by atoms with E-state index in [1.807, 2.05) is 18.2 Å². The van der Waals surface area contributed by atoms with Crippen molar-refractivity contribution in [3.8, 4) is 5.75 Å². The fraction of sp³-hybridized carbons (Fsp3) is 0.333. The Morgan fingerprint density at radius 3 is 2.75 bits per heavy atom. The lowest BCUT2D eigenvalue weighted by molar-refractivity contribution is 0.406. The normalized spacial score (nSPS) is 18.3. The second-order valence-corrected chi connectivity index (χ2v) is 4.87. The lowest BCUT2D eigenvalue weighted by Crippen LogP contribution is -2.21. The Balaban J connectivity index is 1.78. The molecule has 20 heavy (non-hydrogen) atoms. The van der Waals surface area contributed by atoms with E-state index in [-0.39, 0.29) is 0 Å². The molecule has 0 radical (unpaired) electrons. The molecule has 5 heteroatoms. The van der Waals surface area contributed by atoms with E-state index in [1.165, 1.54) is 18.0 Å². The van der Waals surface area contributed by atoms with E-state index >= 15 is 0 Å². The number of hydrogen-bond donors (Lipinski definition) is 0. The van der Waals surface area contributed by atoms with Gasteiger partial charge >= 0.3 is 0 Å². The Labute approximate surface area is 117 Å². The van der Waals surface area contributed by atoms with Gasteiger partial charge in [-0.15, -0.1) is 0 Å². The molecule has 1 saturated heterocycles. The molecule has 1 atom stereocenters. The average Bonchev–Trinajstić information content (AvgIpc) is 2.97. The molecule has 0 amide bonds. The number of rotatable bonds is 3. The van der Waals surface area contributed by atoms with Gasteiger partial charge in [0.15, 0.2) is 5.82 Å². The topological polar surface area (TPSA) is 38.2 Å². The molecular formula is C15H16FN3O. The van der Waals surface area contributed by atoms with Crippen LogP contribution in [0, 0.1) is 5.82 Å². The van der Waals surface area contributed by atoms with Gasteiger partial charge in [0.05, 0.1) is 19.5 Å². The van der Waals surface area contributed by atoms with Crippen LogP contribution in [0.5, 0.6) is 5.75 Å². The average molecular weight is 273 g/mol. The molecule has 4 nitrogen and oxygen atoms in total. The third-order valence-electron chi connectivity index (χ3n) is 3.66. The maximum Gasteiger partial charge on any atom is 0.225 e. The van der Waals surface area contributed by atoms with Gasteiger partial charge in [-0.25, -0.2) is 14.4 Å². The number of para-hydroxylation sites is 1. The number of nitrogens with zero attached hydrogens (tertiary/aromatic N) is 3. The van der Waals surface area contributed by atoms with Gasteiger partial charge in [0.25, 0.3) is 0 Å². The van der Waals surface area contributed by atoms with Crippen LogP contribution in [0.15, 0.2) is 36.7 Å². The summed E-state index contributed by atoms with van der Waals surface area (Å²) < 4.78 is 18.3. The number of aromatic nitrogens is 2. The first-order valence-corrected chi connectivity index (χ1v) is 6.63. The second kappa shape index (κ2) is 5.45. The highest BCUT2D eigenvalue weighted by molar-refractivity contribution is 5.41. The largest absolute Gasteiger partial charge is 0.496 e. The molecule has 0 bridgehead atoms. The monoisotopic (exact) mass is 273 g/mol. The summed E-state index contributed by atoms with van der Waals surface area (Å²) in [6.07, 6.45) is 3.43. The molecule has 0 spiro atoms. The zero-order valence-corrected chi connectivity index (χ0v) is 11.3. The van der Waals surface area contributed by atoms with Crippen molar-refractivity contribution in [2.45, 2.75) is 12.3 Å². The minimum absolute atomic E-state index is 0.389. The minimum Gasteiger partial charge on any atom is -0.496 e. The number of anilines is 1. The Morgan fingerprint density at radius 2 is 2.00 bits per heavy atom. The van der Waals surface area contributed by atoms with E-state index in [0.717, 1.165) is 25.3 Å². The number of ether oxygens (including phenoxy) is 1. The number of methoxy groups -OCH3 is 1. The van der Waals surface area contributed by atoms with E-state index in [9.17, 15) is 4.39 Å². The second-order valence-electron chi connectivity index (χ2n) is 4.87. The maximum absolute atomic E-state index is 12.9. The highest BCUT2D eigenvalue weighted by Gasteiger charge is 2.27. The third-order valence-corrected chi connectivity index (χ3v) is 3.66. The van der Waals surface area contributed by atoms with Crippen LogP contribution in [0.25, 0.3) is 0 Å². The van der Waals surface area contributed by atoms with Crippen LogP contribution in [0.4, 0.5) is 10.3 Å². The van der Waals surface area contributed by atoms with Crippen LogP contribution >= 0.6 is 0 Å². The molecule has 1 unspecified atom stereocenters. The van der Waals surface area contributed by atoms with Crippen LogP contribution < -0.4 is 9.64 Å². The van der Waals surface area contributed by atoms with E-state index < -0.39 is 5.82 Å². The summed E-state index contributed by atoms with van der Waals surface area (Å²) in [5.41, 5.74) is 1.21. The van der Waals surface area contributed by atoms with Crippen molar-refractivity contribution in [3.05, 3.63) is 48.0 Å². The lowest BCUT2D eigenvalue weighted by atomic mass is 9.97. The van der Waals surface area contributed by atoms with Crippen molar-refractivity contribution >= 4 is 5.95 Å². The van der Waals surface area contributed by atoms with E-state index in [2.05, 4.69) is 20.9 Å². The quantitative estimate of drug-likeness (QED) is 0.861. The molecular weight excluding hydrogens is 257 g/mol. The molecule has 0 aliphatic carbocycles. The van der Waals surface area contributed by atoms with Gasteiger partial charge in [-0.2, -0.15) is 0 Å².